The fraction of sp³-hybridized carbons (Fsp3) is 0.917. The summed E-state index contributed by atoms with van der Waals surface area (Å²) in [5, 5.41) is 12.7. The fourth-order valence-electron chi connectivity index (χ4n) is 2.27. The Labute approximate surface area is 97.6 Å². The molecule has 1 saturated carbocycles. The van der Waals surface area contributed by atoms with Crippen LogP contribution < -0.4 is 11.1 Å². The Bertz CT molecular complexity index is 213. The summed E-state index contributed by atoms with van der Waals surface area (Å²) >= 11 is 0. The van der Waals surface area contributed by atoms with Gasteiger partial charge in [-0.1, -0.05) is 19.3 Å². The summed E-state index contributed by atoms with van der Waals surface area (Å²) < 4.78 is 0. The number of amides is 1. The van der Waals surface area contributed by atoms with Gasteiger partial charge in [0.1, 0.15) is 0 Å². The number of nitrogens with two attached hydrogens (primary N) is 1. The van der Waals surface area contributed by atoms with Gasteiger partial charge in [0.15, 0.2) is 0 Å². The van der Waals surface area contributed by atoms with Crippen LogP contribution in [0, 0.1) is 5.92 Å². The predicted molar refractivity (Wildman–Crippen MR) is 63.9 cm³/mol. The number of carbonyl (C=O) groups is 1. The molecule has 0 aromatic heterocycles. The zero-order valence-corrected chi connectivity index (χ0v) is 10.1. The molecule has 0 bridgehead atoms. The van der Waals surface area contributed by atoms with Crippen LogP contribution >= 0.6 is 0 Å². The van der Waals surface area contributed by atoms with Crippen molar-refractivity contribution in [1.29, 1.82) is 0 Å². The van der Waals surface area contributed by atoms with Crippen LogP contribution in [0.4, 0.5) is 0 Å². The maximum Gasteiger partial charge on any atom is 0.221 e. The number of nitrogens with one attached hydrogen (secondary N) is 1. The zero-order chi connectivity index (χ0) is 12.0. The van der Waals surface area contributed by atoms with Gasteiger partial charge in [0.2, 0.25) is 5.91 Å². The molecule has 1 aliphatic rings. The summed E-state index contributed by atoms with van der Waals surface area (Å²) in [6.07, 6.45) is 5.80. The normalized spacial score (nSPS) is 21.4. The number of aliphatic hydroxyl groups excluding tert-OH is 1. The monoisotopic (exact) mass is 228 g/mol. The third-order valence-electron chi connectivity index (χ3n) is 3.21. The Hall–Kier alpha value is -0.610. The van der Waals surface area contributed by atoms with Crippen LogP contribution in [-0.4, -0.2) is 29.7 Å². The van der Waals surface area contributed by atoms with E-state index in [1.54, 1.807) is 6.92 Å². The van der Waals surface area contributed by atoms with Crippen molar-refractivity contribution in [1.82, 2.24) is 5.32 Å². The summed E-state index contributed by atoms with van der Waals surface area (Å²) in [5.41, 5.74) is 5.52. The van der Waals surface area contributed by atoms with Crippen LogP contribution in [0.15, 0.2) is 0 Å². The number of carbonyl (C=O) groups excluding carboxylic acids is 1. The molecule has 4 nitrogen and oxygen atoms in total. The average Bonchev–Trinajstić information content (AvgIpc) is 2.26. The average molecular weight is 228 g/mol. The van der Waals surface area contributed by atoms with E-state index in [0.717, 1.165) is 12.8 Å². The van der Waals surface area contributed by atoms with E-state index in [1.807, 2.05) is 0 Å². The second-order valence-corrected chi connectivity index (χ2v) is 4.95. The van der Waals surface area contributed by atoms with E-state index in [0.29, 0.717) is 18.9 Å². The van der Waals surface area contributed by atoms with Crippen LogP contribution in [0.25, 0.3) is 0 Å². The van der Waals surface area contributed by atoms with Crippen LogP contribution in [0.3, 0.4) is 0 Å². The smallest absolute Gasteiger partial charge is 0.221 e. The zero-order valence-electron chi connectivity index (χ0n) is 10.1. The van der Waals surface area contributed by atoms with Gasteiger partial charge in [-0.15, -0.1) is 0 Å². The van der Waals surface area contributed by atoms with Crippen LogP contribution in [0.2, 0.25) is 0 Å². The summed E-state index contributed by atoms with van der Waals surface area (Å²) in [4.78, 5) is 11.3. The van der Waals surface area contributed by atoms with E-state index in [9.17, 15) is 9.90 Å². The van der Waals surface area contributed by atoms with Gasteiger partial charge in [0, 0.05) is 19.0 Å². The highest BCUT2D eigenvalue weighted by Crippen LogP contribution is 2.26. The summed E-state index contributed by atoms with van der Waals surface area (Å²) in [7, 11) is 0. The molecule has 0 aromatic rings. The van der Waals surface area contributed by atoms with E-state index in [-0.39, 0.29) is 11.9 Å². The van der Waals surface area contributed by atoms with Gasteiger partial charge in [0.05, 0.1) is 6.10 Å². The fourth-order valence-corrected chi connectivity index (χ4v) is 2.27. The Kier molecular flexibility index (Phi) is 5.77. The van der Waals surface area contributed by atoms with Crippen LogP contribution in [0.5, 0.6) is 0 Å². The first-order chi connectivity index (χ1) is 7.59. The largest absolute Gasteiger partial charge is 0.391 e. The molecule has 1 amide bonds. The molecule has 2 unspecified atom stereocenters. The minimum absolute atomic E-state index is 0.0649. The second kappa shape index (κ2) is 6.86. The van der Waals surface area contributed by atoms with Crippen molar-refractivity contribution in [3.05, 3.63) is 0 Å². The highest BCUT2D eigenvalue weighted by Gasteiger charge is 2.21. The lowest BCUT2D eigenvalue weighted by molar-refractivity contribution is -0.122. The molecule has 16 heavy (non-hydrogen) atoms. The first-order valence-corrected chi connectivity index (χ1v) is 6.30. The molecule has 0 heterocycles. The SMILES string of the molecule is CC(N)CC(=O)NCC(O)C1CCCCC1. The molecule has 1 fully saturated rings. The molecule has 4 N–H and O–H groups in total. The molecule has 0 spiro atoms. The van der Waals surface area contributed by atoms with Gasteiger partial charge < -0.3 is 16.2 Å². The van der Waals surface area contributed by atoms with Crippen molar-refractivity contribution < 1.29 is 9.90 Å². The third-order valence-corrected chi connectivity index (χ3v) is 3.21. The molecule has 4 heteroatoms. The second-order valence-electron chi connectivity index (χ2n) is 4.95. The summed E-state index contributed by atoms with van der Waals surface area (Å²) in [5.74, 6) is 0.300. The molecule has 94 valence electrons. The molecule has 2 atom stereocenters. The molecular weight excluding hydrogens is 204 g/mol. The van der Waals surface area contributed by atoms with E-state index in [4.69, 9.17) is 5.73 Å². The lowest BCUT2D eigenvalue weighted by Crippen LogP contribution is -2.38. The molecule has 1 rings (SSSR count). The summed E-state index contributed by atoms with van der Waals surface area (Å²) in [6, 6.07) is -0.119. The van der Waals surface area contributed by atoms with Crippen molar-refractivity contribution >= 4 is 5.91 Å². The minimum atomic E-state index is -0.391. The highest BCUT2D eigenvalue weighted by atomic mass is 16.3. The molecular formula is C12H24N2O2. The van der Waals surface area contributed by atoms with Crippen LogP contribution in [0.1, 0.15) is 45.4 Å². The van der Waals surface area contributed by atoms with Gasteiger partial charge >= 0.3 is 0 Å². The van der Waals surface area contributed by atoms with Crippen molar-refractivity contribution in [2.45, 2.75) is 57.6 Å². The number of hydrogen-bond donors (Lipinski definition) is 3. The lowest BCUT2D eigenvalue weighted by Gasteiger charge is -2.26. The van der Waals surface area contributed by atoms with Crippen LogP contribution in [-0.2, 0) is 4.79 Å². The topological polar surface area (TPSA) is 75.4 Å². The van der Waals surface area contributed by atoms with E-state index in [1.165, 1.54) is 19.3 Å². The van der Waals surface area contributed by atoms with Crippen molar-refractivity contribution in [2.24, 2.45) is 11.7 Å². The Morgan fingerprint density at radius 2 is 2.06 bits per heavy atom. The van der Waals surface area contributed by atoms with Gasteiger partial charge in [-0.05, 0) is 25.7 Å². The van der Waals surface area contributed by atoms with E-state index < -0.39 is 6.10 Å². The predicted octanol–water partition coefficient (Wildman–Crippen LogP) is 0.781. The highest BCUT2D eigenvalue weighted by molar-refractivity contribution is 5.76. The molecule has 0 saturated heterocycles. The van der Waals surface area contributed by atoms with Crippen molar-refractivity contribution in [2.75, 3.05) is 6.54 Å². The first kappa shape index (κ1) is 13.5. The van der Waals surface area contributed by atoms with Gasteiger partial charge in [-0.3, -0.25) is 4.79 Å². The molecule has 0 radical (unpaired) electrons. The first-order valence-electron chi connectivity index (χ1n) is 6.30. The van der Waals surface area contributed by atoms with Gasteiger partial charge in [0.25, 0.3) is 0 Å². The van der Waals surface area contributed by atoms with E-state index >= 15 is 0 Å². The number of aliphatic hydroxyl groups is 1. The minimum Gasteiger partial charge on any atom is -0.391 e. The number of hydrogen-bond acceptors (Lipinski definition) is 3. The van der Waals surface area contributed by atoms with Gasteiger partial charge in [-0.2, -0.15) is 0 Å². The molecule has 0 aliphatic heterocycles. The third kappa shape index (κ3) is 4.94. The quantitative estimate of drug-likeness (QED) is 0.651. The maximum absolute atomic E-state index is 11.3. The summed E-state index contributed by atoms with van der Waals surface area (Å²) in [6.45, 7) is 2.17. The Morgan fingerprint density at radius 1 is 1.44 bits per heavy atom. The van der Waals surface area contributed by atoms with Gasteiger partial charge in [-0.25, -0.2) is 0 Å². The Morgan fingerprint density at radius 3 is 2.62 bits per heavy atom. The Balaban J connectivity index is 2.18. The molecule has 1 aliphatic carbocycles. The lowest BCUT2D eigenvalue weighted by atomic mass is 9.85. The maximum atomic E-state index is 11.3. The number of rotatable bonds is 5. The van der Waals surface area contributed by atoms with Crippen molar-refractivity contribution in [3.63, 3.8) is 0 Å². The van der Waals surface area contributed by atoms with E-state index in [2.05, 4.69) is 5.32 Å². The van der Waals surface area contributed by atoms with Crippen molar-refractivity contribution in [3.8, 4) is 0 Å². The standard InChI is InChI=1S/C12H24N2O2/c1-9(13)7-12(16)14-8-11(15)10-5-3-2-4-6-10/h9-11,15H,2-8,13H2,1H3,(H,14,16). The molecule has 0 aromatic carbocycles.